The average Bonchev–Trinajstić information content (AvgIpc) is 2.26. The van der Waals surface area contributed by atoms with Gasteiger partial charge in [-0.25, -0.2) is 0 Å². The summed E-state index contributed by atoms with van der Waals surface area (Å²) in [5, 5.41) is 0. The molecule has 0 fully saturated rings. The van der Waals surface area contributed by atoms with Crippen molar-refractivity contribution in [1.82, 2.24) is 4.57 Å². The number of nitrogens with zero attached hydrogens (tertiary/aromatic N) is 1. The summed E-state index contributed by atoms with van der Waals surface area (Å²) < 4.78 is 20.1. The Morgan fingerprint density at radius 1 is 0.778 bits per heavy atom. The van der Waals surface area contributed by atoms with Crippen LogP contribution in [0.25, 0.3) is 0 Å². The molecule has 0 atom stereocenters. The average molecular weight is 294 g/mol. The van der Waals surface area contributed by atoms with E-state index in [1.165, 1.54) is 0 Å². The van der Waals surface area contributed by atoms with Crippen molar-refractivity contribution in [2.75, 3.05) is 33.9 Å². The normalized spacial score (nSPS) is 13.3. The van der Waals surface area contributed by atoms with E-state index in [1.54, 1.807) is 0 Å². The van der Waals surface area contributed by atoms with Crippen molar-refractivity contribution in [2.45, 2.75) is 46.0 Å². The molecule has 4 nitrogen and oxygen atoms in total. The van der Waals surface area contributed by atoms with Crippen LogP contribution < -0.4 is 0 Å². The molecule has 0 aliphatic heterocycles. The maximum Gasteiger partial charge on any atom is 0.427 e. The van der Waals surface area contributed by atoms with Gasteiger partial charge in [-0.3, -0.25) is 4.57 Å². The van der Waals surface area contributed by atoms with Crippen molar-refractivity contribution in [3.05, 3.63) is 0 Å². The van der Waals surface area contributed by atoms with E-state index in [0.717, 1.165) is 18.7 Å². The summed E-state index contributed by atoms with van der Waals surface area (Å²) >= 11 is 0. The Morgan fingerprint density at radius 3 is 1.56 bits per heavy atom. The number of rotatable bonds is 10. The maximum atomic E-state index is 6.01. The molecule has 0 radical (unpaired) electrons. The van der Waals surface area contributed by atoms with Crippen LogP contribution in [0.2, 0.25) is 25.2 Å². The van der Waals surface area contributed by atoms with E-state index in [0.29, 0.717) is 13.2 Å². The van der Waals surface area contributed by atoms with E-state index >= 15 is 0 Å². The van der Waals surface area contributed by atoms with Crippen molar-refractivity contribution in [2.24, 2.45) is 0 Å². The molecule has 6 heteroatoms. The van der Waals surface area contributed by atoms with Crippen LogP contribution in [0.4, 0.5) is 0 Å². The smallest absolute Gasteiger partial charge is 0.418 e. The lowest BCUT2D eigenvalue weighted by Gasteiger charge is -2.36. The lowest BCUT2D eigenvalue weighted by atomic mass is 10.9. The quantitative estimate of drug-likeness (QED) is 0.580. The van der Waals surface area contributed by atoms with Crippen LogP contribution in [-0.2, 0) is 13.3 Å². The van der Waals surface area contributed by atoms with E-state index in [9.17, 15) is 0 Å². The van der Waals surface area contributed by atoms with E-state index in [4.69, 9.17) is 13.3 Å². The molecule has 0 saturated heterocycles. The van der Waals surface area contributed by atoms with Crippen LogP contribution in [0, 0.1) is 0 Å². The third-order valence-electron chi connectivity index (χ3n) is 3.00. The predicted octanol–water partition coefficient (Wildman–Crippen LogP) is 2.80. The summed E-state index contributed by atoms with van der Waals surface area (Å²) in [4.78, 5) is 0. The minimum Gasteiger partial charge on any atom is -0.418 e. The van der Waals surface area contributed by atoms with Gasteiger partial charge in [-0.1, -0.05) is 0 Å². The number of hydrogen-bond acceptors (Lipinski definition) is 4. The van der Waals surface area contributed by atoms with Gasteiger partial charge in [-0.05, 0) is 54.0 Å². The first-order valence-electron chi connectivity index (χ1n) is 6.92. The second-order valence-corrected chi connectivity index (χ2v) is 12.9. The molecule has 0 heterocycles. The summed E-state index contributed by atoms with van der Waals surface area (Å²) in [5.41, 5.74) is 0. The van der Waals surface area contributed by atoms with Crippen molar-refractivity contribution in [3.8, 4) is 0 Å². The summed E-state index contributed by atoms with van der Waals surface area (Å²) in [6.45, 7) is 12.9. The molecule has 0 saturated carbocycles. The highest BCUT2D eigenvalue weighted by Crippen LogP contribution is 2.24. The van der Waals surface area contributed by atoms with Crippen LogP contribution in [0.5, 0.6) is 0 Å². The van der Waals surface area contributed by atoms with E-state index in [2.05, 4.69) is 38.7 Å². The minimum atomic E-state index is -2.22. The van der Waals surface area contributed by atoms with Crippen LogP contribution in [0.15, 0.2) is 0 Å². The molecule has 0 aromatic carbocycles. The monoisotopic (exact) mass is 293 g/mol. The van der Waals surface area contributed by atoms with Gasteiger partial charge in [-0.15, -0.1) is 0 Å². The fourth-order valence-electron chi connectivity index (χ4n) is 2.04. The molecule has 0 bridgehead atoms. The molecule has 0 unspecified atom stereocenters. The Labute approximate surface area is 115 Å². The zero-order valence-corrected chi connectivity index (χ0v) is 15.2. The first-order valence-corrected chi connectivity index (χ1v) is 12.0. The summed E-state index contributed by atoms with van der Waals surface area (Å²) in [6.07, 6.45) is 0. The van der Waals surface area contributed by atoms with Crippen LogP contribution in [0.3, 0.4) is 0 Å². The van der Waals surface area contributed by atoms with Crippen molar-refractivity contribution < 1.29 is 13.3 Å². The standard InChI is InChI=1S/C12H31NO3Si2/c1-8-14-17(6,7)11-12-18(13(4)5,15-9-2)16-10-3/h8-12H2,1-7H3. The molecule has 0 spiro atoms. The fraction of sp³-hybridized carbons (Fsp3) is 1.00. The van der Waals surface area contributed by atoms with Gasteiger partial charge < -0.3 is 13.3 Å². The van der Waals surface area contributed by atoms with Gasteiger partial charge >= 0.3 is 8.72 Å². The molecule has 110 valence electrons. The van der Waals surface area contributed by atoms with Crippen LogP contribution >= 0.6 is 0 Å². The molecule has 0 aliphatic carbocycles. The first kappa shape index (κ1) is 18.3. The third kappa shape index (κ3) is 5.94. The van der Waals surface area contributed by atoms with Crippen LogP contribution in [0.1, 0.15) is 20.8 Å². The van der Waals surface area contributed by atoms with Gasteiger partial charge in [0.1, 0.15) is 0 Å². The zero-order valence-electron chi connectivity index (χ0n) is 13.2. The molecule has 0 N–H and O–H groups in total. The summed E-state index contributed by atoms with van der Waals surface area (Å²) in [6, 6.07) is 2.08. The highest BCUT2D eigenvalue weighted by molar-refractivity contribution is 6.74. The van der Waals surface area contributed by atoms with E-state index < -0.39 is 17.0 Å². The summed E-state index contributed by atoms with van der Waals surface area (Å²) in [7, 11) is 0.332. The van der Waals surface area contributed by atoms with E-state index in [1.807, 2.05) is 13.8 Å². The highest BCUT2D eigenvalue weighted by atomic mass is 28.4. The lowest BCUT2D eigenvalue weighted by Crippen LogP contribution is -2.56. The zero-order chi connectivity index (χ0) is 14.2. The first-order chi connectivity index (χ1) is 8.33. The molecule has 0 aromatic heterocycles. The third-order valence-corrected chi connectivity index (χ3v) is 9.75. The second-order valence-electron chi connectivity index (χ2n) is 5.17. The molecular weight excluding hydrogens is 262 g/mol. The topological polar surface area (TPSA) is 30.9 Å². The Kier molecular flexibility index (Phi) is 8.57. The van der Waals surface area contributed by atoms with Crippen molar-refractivity contribution in [1.29, 1.82) is 0 Å². The second kappa shape index (κ2) is 8.45. The molecular formula is C12H31NO3Si2. The largest absolute Gasteiger partial charge is 0.427 e. The van der Waals surface area contributed by atoms with Gasteiger partial charge in [-0.2, -0.15) is 0 Å². The molecule has 0 aliphatic rings. The Bertz CT molecular complexity index is 219. The Hall–Kier alpha value is 0.274. The fourth-order valence-corrected chi connectivity index (χ4v) is 8.88. The number of hydrogen-bond donors (Lipinski definition) is 0. The van der Waals surface area contributed by atoms with Crippen molar-refractivity contribution >= 4 is 17.0 Å². The van der Waals surface area contributed by atoms with Crippen LogP contribution in [-0.4, -0.2) is 55.5 Å². The van der Waals surface area contributed by atoms with E-state index in [-0.39, 0.29) is 0 Å². The van der Waals surface area contributed by atoms with Gasteiger partial charge in [0.15, 0.2) is 8.32 Å². The maximum absolute atomic E-state index is 6.01. The molecule has 0 amide bonds. The predicted molar refractivity (Wildman–Crippen MR) is 81.4 cm³/mol. The van der Waals surface area contributed by atoms with Gasteiger partial charge in [0, 0.05) is 25.9 Å². The molecule has 18 heavy (non-hydrogen) atoms. The Morgan fingerprint density at radius 2 is 1.22 bits per heavy atom. The van der Waals surface area contributed by atoms with Gasteiger partial charge in [0.2, 0.25) is 0 Å². The summed E-state index contributed by atoms with van der Waals surface area (Å²) in [5.74, 6) is 0. The Balaban J connectivity index is 4.66. The highest BCUT2D eigenvalue weighted by Gasteiger charge is 2.42. The van der Waals surface area contributed by atoms with Crippen molar-refractivity contribution in [3.63, 3.8) is 0 Å². The lowest BCUT2D eigenvalue weighted by molar-refractivity contribution is 0.139. The van der Waals surface area contributed by atoms with Gasteiger partial charge in [0.25, 0.3) is 0 Å². The molecule has 0 aromatic rings. The van der Waals surface area contributed by atoms with Gasteiger partial charge in [0.05, 0.1) is 0 Å². The SMILES string of the molecule is CCO[Si](C)(C)CC[Si](OCC)(OCC)N(C)C. The molecule has 0 rings (SSSR count). The minimum absolute atomic E-state index is 0.709.